The Bertz CT molecular complexity index is 610. The molecule has 0 aliphatic heterocycles. The molecule has 1 heterocycles. The third-order valence-corrected chi connectivity index (χ3v) is 4.52. The number of nitrogens with zero attached hydrogens (tertiary/aromatic N) is 2. The number of likely N-dealkylation sites (N-methyl/N-ethyl adjacent to an activating group) is 1. The highest BCUT2D eigenvalue weighted by Gasteiger charge is 2.18. The quantitative estimate of drug-likeness (QED) is 0.856. The van der Waals surface area contributed by atoms with Crippen LogP contribution in [0.25, 0.3) is 0 Å². The minimum atomic E-state index is -0.200. The van der Waals surface area contributed by atoms with E-state index in [0.717, 1.165) is 40.8 Å². The lowest BCUT2D eigenvalue weighted by atomic mass is 10.0. The average molecular weight is 354 g/mol. The third-order valence-electron chi connectivity index (χ3n) is 3.60. The van der Waals surface area contributed by atoms with Gasteiger partial charge >= 0.3 is 0 Å². The Morgan fingerprint density at radius 1 is 1.38 bits per heavy atom. The van der Waals surface area contributed by atoms with Gasteiger partial charge < -0.3 is 5.32 Å². The Labute approximate surface area is 133 Å². The van der Waals surface area contributed by atoms with E-state index in [1.54, 1.807) is 12.1 Å². The van der Waals surface area contributed by atoms with E-state index in [9.17, 15) is 4.39 Å². The van der Waals surface area contributed by atoms with Crippen molar-refractivity contribution in [3.63, 3.8) is 0 Å². The van der Waals surface area contributed by atoms with Gasteiger partial charge in [0.2, 0.25) is 0 Å². The molecular formula is C16H21BrFN3. The van der Waals surface area contributed by atoms with Gasteiger partial charge in [0, 0.05) is 19.5 Å². The van der Waals surface area contributed by atoms with Gasteiger partial charge in [-0.25, -0.2) is 4.39 Å². The van der Waals surface area contributed by atoms with Crippen LogP contribution in [-0.4, -0.2) is 16.3 Å². The minimum absolute atomic E-state index is 0.0714. The zero-order valence-corrected chi connectivity index (χ0v) is 14.2. The average Bonchev–Trinajstić information content (AvgIpc) is 2.74. The summed E-state index contributed by atoms with van der Waals surface area (Å²) in [6.45, 7) is 4.98. The molecule has 5 heteroatoms. The van der Waals surface area contributed by atoms with Crippen LogP contribution in [0.15, 0.2) is 28.7 Å². The molecule has 1 unspecified atom stereocenters. The Morgan fingerprint density at radius 3 is 2.71 bits per heavy atom. The van der Waals surface area contributed by atoms with Crippen molar-refractivity contribution >= 4 is 15.9 Å². The number of aryl methyl sites for hydroxylation is 2. The lowest BCUT2D eigenvalue weighted by Gasteiger charge is -2.19. The molecule has 0 saturated carbocycles. The number of aromatic nitrogens is 2. The predicted octanol–water partition coefficient (Wildman–Crippen LogP) is 3.78. The van der Waals surface area contributed by atoms with Crippen molar-refractivity contribution in [3.8, 4) is 0 Å². The van der Waals surface area contributed by atoms with Crippen LogP contribution < -0.4 is 5.32 Å². The molecule has 0 radical (unpaired) electrons. The summed E-state index contributed by atoms with van der Waals surface area (Å²) in [6, 6.07) is 6.86. The van der Waals surface area contributed by atoms with Crippen LogP contribution in [0.4, 0.5) is 4.39 Å². The highest BCUT2D eigenvalue weighted by atomic mass is 79.9. The van der Waals surface area contributed by atoms with Gasteiger partial charge in [-0.1, -0.05) is 26.0 Å². The number of hydrogen-bond acceptors (Lipinski definition) is 2. The molecule has 0 fully saturated rings. The highest BCUT2D eigenvalue weighted by molar-refractivity contribution is 9.10. The molecule has 0 amide bonds. The second kappa shape index (κ2) is 7.18. The fourth-order valence-electron chi connectivity index (χ4n) is 2.51. The lowest BCUT2D eigenvalue weighted by molar-refractivity contribution is 0.523. The topological polar surface area (TPSA) is 29.9 Å². The first-order chi connectivity index (χ1) is 10.1. The van der Waals surface area contributed by atoms with Crippen LogP contribution in [0.1, 0.15) is 36.8 Å². The molecule has 2 aromatic rings. The molecule has 0 saturated heterocycles. The summed E-state index contributed by atoms with van der Waals surface area (Å²) in [5.41, 5.74) is 3.15. The summed E-state index contributed by atoms with van der Waals surface area (Å²) in [6.07, 6.45) is 1.65. The molecule has 0 spiro atoms. The van der Waals surface area contributed by atoms with E-state index < -0.39 is 0 Å². The van der Waals surface area contributed by atoms with E-state index in [4.69, 9.17) is 0 Å². The van der Waals surface area contributed by atoms with Crippen molar-refractivity contribution in [1.82, 2.24) is 15.1 Å². The maximum absolute atomic E-state index is 13.5. The van der Waals surface area contributed by atoms with E-state index in [-0.39, 0.29) is 11.9 Å². The maximum atomic E-state index is 13.5. The van der Waals surface area contributed by atoms with Crippen molar-refractivity contribution < 1.29 is 4.39 Å². The second-order valence-corrected chi connectivity index (χ2v) is 5.85. The van der Waals surface area contributed by atoms with Gasteiger partial charge in [-0.15, -0.1) is 0 Å². The van der Waals surface area contributed by atoms with E-state index in [0.29, 0.717) is 0 Å². The monoisotopic (exact) mass is 353 g/mol. The van der Waals surface area contributed by atoms with E-state index in [1.807, 2.05) is 17.8 Å². The van der Waals surface area contributed by atoms with Gasteiger partial charge in [-0.2, -0.15) is 5.10 Å². The van der Waals surface area contributed by atoms with Gasteiger partial charge in [-0.05, 0) is 46.6 Å². The Morgan fingerprint density at radius 2 is 2.14 bits per heavy atom. The van der Waals surface area contributed by atoms with Gasteiger partial charge in [0.1, 0.15) is 5.82 Å². The number of hydrogen-bond donors (Lipinski definition) is 1. The van der Waals surface area contributed by atoms with Crippen LogP contribution in [0.5, 0.6) is 0 Å². The first-order valence-corrected chi connectivity index (χ1v) is 8.05. The first kappa shape index (κ1) is 16.2. The summed E-state index contributed by atoms with van der Waals surface area (Å²) in [4.78, 5) is 0. The molecular weight excluding hydrogens is 333 g/mol. The van der Waals surface area contributed by atoms with Gasteiger partial charge in [0.15, 0.2) is 0 Å². The van der Waals surface area contributed by atoms with Crippen LogP contribution in [0.3, 0.4) is 0 Å². The zero-order chi connectivity index (χ0) is 15.4. The minimum Gasteiger partial charge on any atom is -0.310 e. The summed E-state index contributed by atoms with van der Waals surface area (Å²) in [5, 5.41) is 7.95. The van der Waals surface area contributed by atoms with E-state index in [1.165, 1.54) is 6.07 Å². The standard InChI is InChI=1S/C16H21BrFN3/c1-4-13-16(17)15(21(3)20-13)10-14(19-5-2)11-7-6-8-12(18)9-11/h6-9,14,19H,4-5,10H2,1-3H3. The zero-order valence-electron chi connectivity index (χ0n) is 12.7. The fourth-order valence-corrected chi connectivity index (χ4v) is 3.29. The summed E-state index contributed by atoms with van der Waals surface area (Å²) in [7, 11) is 1.95. The molecule has 1 N–H and O–H groups in total. The highest BCUT2D eigenvalue weighted by Crippen LogP contribution is 2.27. The molecule has 0 aliphatic carbocycles. The van der Waals surface area contributed by atoms with Crippen molar-refractivity contribution in [2.24, 2.45) is 7.05 Å². The largest absolute Gasteiger partial charge is 0.310 e. The van der Waals surface area contributed by atoms with E-state index >= 15 is 0 Å². The first-order valence-electron chi connectivity index (χ1n) is 7.25. The maximum Gasteiger partial charge on any atom is 0.123 e. The molecule has 1 aromatic heterocycles. The number of rotatable bonds is 6. The van der Waals surface area contributed by atoms with Crippen LogP contribution in [0, 0.1) is 5.82 Å². The molecule has 0 aliphatic rings. The Kier molecular flexibility index (Phi) is 5.53. The smallest absolute Gasteiger partial charge is 0.123 e. The number of halogens is 2. The molecule has 114 valence electrons. The summed E-state index contributed by atoms with van der Waals surface area (Å²) >= 11 is 3.64. The molecule has 1 aromatic carbocycles. The van der Waals surface area contributed by atoms with Gasteiger partial charge in [0.25, 0.3) is 0 Å². The Hall–Kier alpha value is -1.20. The molecule has 0 bridgehead atoms. The van der Waals surface area contributed by atoms with Crippen LogP contribution in [0.2, 0.25) is 0 Å². The predicted molar refractivity (Wildman–Crippen MR) is 86.8 cm³/mol. The van der Waals surface area contributed by atoms with E-state index in [2.05, 4.69) is 40.2 Å². The SMILES string of the molecule is CCNC(Cc1c(Br)c(CC)nn1C)c1cccc(F)c1. The van der Waals surface area contributed by atoms with Crippen molar-refractivity contribution in [1.29, 1.82) is 0 Å². The number of benzene rings is 1. The van der Waals surface area contributed by atoms with Gasteiger partial charge in [0.05, 0.1) is 15.9 Å². The van der Waals surface area contributed by atoms with Crippen molar-refractivity contribution in [2.45, 2.75) is 32.7 Å². The van der Waals surface area contributed by atoms with Gasteiger partial charge in [-0.3, -0.25) is 4.68 Å². The molecule has 21 heavy (non-hydrogen) atoms. The molecule has 1 atom stereocenters. The third kappa shape index (κ3) is 3.71. The molecule has 3 nitrogen and oxygen atoms in total. The van der Waals surface area contributed by atoms with Crippen molar-refractivity contribution in [2.75, 3.05) is 6.54 Å². The summed E-state index contributed by atoms with van der Waals surface area (Å²) in [5.74, 6) is -0.200. The summed E-state index contributed by atoms with van der Waals surface area (Å²) < 4.78 is 16.4. The van der Waals surface area contributed by atoms with Crippen molar-refractivity contribution in [3.05, 3.63) is 51.5 Å². The fraction of sp³-hybridized carbons (Fsp3) is 0.438. The Balaban J connectivity index is 2.30. The normalized spacial score (nSPS) is 12.6. The van der Waals surface area contributed by atoms with Crippen LogP contribution >= 0.6 is 15.9 Å². The van der Waals surface area contributed by atoms with Crippen LogP contribution in [-0.2, 0) is 19.9 Å². The lowest BCUT2D eigenvalue weighted by Crippen LogP contribution is -2.24. The number of nitrogens with one attached hydrogen (secondary N) is 1. The molecule has 2 rings (SSSR count). The second-order valence-electron chi connectivity index (χ2n) is 5.05.